The van der Waals surface area contributed by atoms with Gasteiger partial charge >= 0.3 is 0 Å². The standard InChI is InChI=1S/C22H30N4O.HI/c1-17-10-12-20(13-11-17)18(2)14-23-22(25-16-21(27)26(3)4)24-15-19-8-6-5-7-9-19;/h5-13,18H,14-16H2,1-4H3,(H2,23,24,25);1H. The molecule has 2 N–H and O–H groups in total. The van der Waals surface area contributed by atoms with Crippen LogP contribution in [-0.4, -0.2) is 44.0 Å². The van der Waals surface area contributed by atoms with Crippen molar-refractivity contribution >= 4 is 35.8 Å². The van der Waals surface area contributed by atoms with E-state index in [1.165, 1.54) is 11.1 Å². The van der Waals surface area contributed by atoms with E-state index in [4.69, 9.17) is 0 Å². The summed E-state index contributed by atoms with van der Waals surface area (Å²) in [5.74, 6) is 0.989. The minimum Gasteiger partial charge on any atom is -0.356 e. The number of rotatable bonds is 7. The predicted molar refractivity (Wildman–Crippen MR) is 127 cm³/mol. The molecule has 0 aliphatic carbocycles. The summed E-state index contributed by atoms with van der Waals surface area (Å²) in [5.41, 5.74) is 3.66. The Morgan fingerprint density at radius 1 is 1.04 bits per heavy atom. The monoisotopic (exact) mass is 494 g/mol. The summed E-state index contributed by atoms with van der Waals surface area (Å²) < 4.78 is 0. The maximum Gasteiger partial charge on any atom is 0.241 e. The summed E-state index contributed by atoms with van der Waals surface area (Å²) in [5, 5.41) is 6.50. The predicted octanol–water partition coefficient (Wildman–Crippen LogP) is 3.54. The molecule has 0 fully saturated rings. The number of benzene rings is 2. The highest BCUT2D eigenvalue weighted by Gasteiger charge is 2.09. The van der Waals surface area contributed by atoms with Crippen LogP contribution in [0.25, 0.3) is 0 Å². The molecule has 0 spiro atoms. The topological polar surface area (TPSA) is 56.7 Å². The van der Waals surface area contributed by atoms with Gasteiger partial charge in [-0.15, -0.1) is 24.0 Å². The van der Waals surface area contributed by atoms with E-state index in [0.717, 1.165) is 12.1 Å². The molecule has 6 heteroatoms. The molecule has 0 aliphatic rings. The average Bonchev–Trinajstić information content (AvgIpc) is 2.68. The Balaban J connectivity index is 0.00000392. The summed E-state index contributed by atoms with van der Waals surface area (Å²) in [6.45, 7) is 5.78. The molecule has 152 valence electrons. The summed E-state index contributed by atoms with van der Waals surface area (Å²) in [6, 6.07) is 18.7. The highest BCUT2D eigenvalue weighted by Crippen LogP contribution is 2.14. The second-order valence-electron chi connectivity index (χ2n) is 6.98. The molecule has 0 aromatic heterocycles. The van der Waals surface area contributed by atoms with E-state index in [0.29, 0.717) is 18.4 Å². The normalized spacial score (nSPS) is 11.9. The molecular formula is C22H31IN4O. The number of amides is 1. The lowest BCUT2D eigenvalue weighted by molar-refractivity contribution is -0.127. The van der Waals surface area contributed by atoms with Crippen LogP contribution in [0.2, 0.25) is 0 Å². The summed E-state index contributed by atoms with van der Waals surface area (Å²) in [6.07, 6.45) is 0. The Morgan fingerprint density at radius 3 is 2.29 bits per heavy atom. The average molecular weight is 494 g/mol. The van der Waals surface area contributed by atoms with Crippen LogP contribution in [0, 0.1) is 6.92 Å². The molecule has 1 atom stereocenters. The molecule has 2 aromatic carbocycles. The molecule has 1 unspecified atom stereocenters. The molecule has 1 amide bonds. The van der Waals surface area contributed by atoms with Gasteiger partial charge in [-0.3, -0.25) is 4.79 Å². The molecule has 0 saturated carbocycles. The van der Waals surface area contributed by atoms with E-state index in [2.05, 4.69) is 53.7 Å². The first-order chi connectivity index (χ1) is 13.0. The number of nitrogens with one attached hydrogen (secondary N) is 2. The maximum absolute atomic E-state index is 11.9. The fourth-order valence-electron chi connectivity index (χ4n) is 2.51. The van der Waals surface area contributed by atoms with Gasteiger partial charge in [0.2, 0.25) is 5.91 Å². The number of aryl methyl sites for hydroxylation is 1. The van der Waals surface area contributed by atoms with Crippen LogP contribution in [0.5, 0.6) is 0 Å². The van der Waals surface area contributed by atoms with Gasteiger partial charge in [0.25, 0.3) is 0 Å². The minimum absolute atomic E-state index is 0. The number of hydrogen-bond donors (Lipinski definition) is 2. The number of aliphatic imine (C=N–C) groups is 1. The zero-order valence-electron chi connectivity index (χ0n) is 17.1. The second-order valence-corrected chi connectivity index (χ2v) is 6.98. The number of halogens is 1. The van der Waals surface area contributed by atoms with Crippen molar-refractivity contribution in [1.29, 1.82) is 0 Å². The van der Waals surface area contributed by atoms with Crippen LogP contribution in [0.15, 0.2) is 59.6 Å². The smallest absolute Gasteiger partial charge is 0.241 e. The molecule has 5 nitrogen and oxygen atoms in total. The van der Waals surface area contributed by atoms with Crippen molar-refractivity contribution < 1.29 is 4.79 Å². The van der Waals surface area contributed by atoms with Gasteiger partial charge < -0.3 is 15.5 Å². The van der Waals surface area contributed by atoms with Crippen molar-refractivity contribution in [2.45, 2.75) is 26.3 Å². The fraction of sp³-hybridized carbons (Fsp3) is 0.364. The SMILES string of the molecule is Cc1ccc(C(C)CNC(=NCc2ccccc2)NCC(=O)N(C)C)cc1.I. The Morgan fingerprint density at radius 2 is 1.68 bits per heavy atom. The van der Waals surface area contributed by atoms with Crippen molar-refractivity contribution in [3.63, 3.8) is 0 Å². The maximum atomic E-state index is 11.9. The van der Waals surface area contributed by atoms with Crippen LogP contribution < -0.4 is 10.6 Å². The zero-order valence-corrected chi connectivity index (χ0v) is 19.4. The van der Waals surface area contributed by atoms with E-state index in [1.54, 1.807) is 19.0 Å². The lowest BCUT2D eigenvalue weighted by Gasteiger charge is -2.18. The van der Waals surface area contributed by atoms with Crippen LogP contribution in [-0.2, 0) is 11.3 Å². The van der Waals surface area contributed by atoms with Gasteiger partial charge in [0.1, 0.15) is 0 Å². The fourth-order valence-corrected chi connectivity index (χ4v) is 2.51. The van der Waals surface area contributed by atoms with Crippen molar-refractivity contribution in [3.05, 3.63) is 71.3 Å². The Kier molecular flexibility index (Phi) is 10.6. The number of hydrogen-bond acceptors (Lipinski definition) is 2. The zero-order chi connectivity index (χ0) is 19.6. The lowest BCUT2D eigenvalue weighted by Crippen LogP contribution is -2.43. The molecule has 28 heavy (non-hydrogen) atoms. The molecule has 0 aliphatic heterocycles. The quantitative estimate of drug-likeness (QED) is 0.352. The van der Waals surface area contributed by atoms with Gasteiger partial charge in [-0.2, -0.15) is 0 Å². The number of guanidine groups is 1. The minimum atomic E-state index is 0. The summed E-state index contributed by atoms with van der Waals surface area (Å²) >= 11 is 0. The van der Waals surface area contributed by atoms with Crippen LogP contribution in [0.1, 0.15) is 29.5 Å². The van der Waals surface area contributed by atoms with E-state index in [9.17, 15) is 4.79 Å². The van der Waals surface area contributed by atoms with Crippen molar-refractivity contribution in [2.75, 3.05) is 27.2 Å². The molecule has 0 saturated heterocycles. The number of carbonyl (C=O) groups excluding carboxylic acids is 1. The van der Waals surface area contributed by atoms with Crippen molar-refractivity contribution in [3.8, 4) is 0 Å². The van der Waals surface area contributed by atoms with Crippen molar-refractivity contribution in [2.24, 2.45) is 4.99 Å². The first-order valence-corrected chi connectivity index (χ1v) is 9.28. The van der Waals surface area contributed by atoms with Gasteiger partial charge in [-0.1, -0.05) is 67.1 Å². The van der Waals surface area contributed by atoms with E-state index in [-0.39, 0.29) is 36.4 Å². The lowest BCUT2D eigenvalue weighted by atomic mass is 10.0. The number of likely N-dealkylation sites (N-methyl/N-ethyl adjacent to an activating group) is 1. The van der Waals surface area contributed by atoms with E-state index < -0.39 is 0 Å². The largest absolute Gasteiger partial charge is 0.356 e. The highest BCUT2D eigenvalue weighted by atomic mass is 127. The molecule has 0 bridgehead atoms. The Bertz CT molecular complexity index is 745. The molecule has 0 heterocycles. The third-order valence-corrected chi connectivity index (χ3v) is 4.39. The first kappa shape index (κ1) is 23.9. The third kappa shape index (κ3) is 8.29. The second kappa shape index (κ2) is 12.4. The van der Waals surface area contributed by atoms with Gasteiger partial charge in [0, 0.05) is 20.6 Å². The third-order valence-electron chi connectivity index (χ3n) is 4.39. The van der Waals surface area contributed by atoms with Gasteiger partial charge in [-0.25, -0.2) is 4.99 Å². The molecule has 0 radical (unpaired) electrons. The van der Waals surface area contributed by atoms with E-state index >= 15 is 0 Å². The summed E-state index contributed by atoms with van der Waals surface area (Å²) in [4.78, 5) is 18.1. The van der Waals surface area contributed by atoms with Gasteiger partial charge in [0.05, 0.1) is 13.1 Å². The molecule has 2 rings (SSSR count). The first-order valence-electron chi connectivity index (χ1n) is 9.28. The van der Waals surface area contributed by atoms with Gasteiger partial charge in [-0.05, 0) is 24.0 Å². The van der Waals surface area contributed by atoms with Gasteiger partial charge in [0.15, 0.2) is 5.96 Å². The molecular weight excluding hydrogens is 463 g/mol. The highest BCUT2D eigenvalue weighted by molar-refractivity contribution is 14.0. The number of carbonyl (C=O) groups is 1. The van der Waals surface area contributed by atoms with Crippen LogP contribution in [0.4, 0.5) is 0 Å². The van der Waals surface area contributed by atoms with Crippen molar-refractivity contribution in [1.82, 2.24) is 15.5 Å². The Labute approximate surface area is 185 Å². The van der Waals surface area contributed by atoms with Crippen LogP contribution in [0.3, 0.4) is 0 Å². The molecule has 2 aromatic rings. The Hall–Kier alpha value is -2.09. The van der Waals surface area contributed by atoms with Crippen LogP contribution >= 0.6 is 24.0 Å². The summed E-state index contributed by atoms with van der Waals surface area (Å²) in [7, 11) is 3.50. The number of nitrogens with zero attached hydrogens (tertiary/aromatic N) is 2. The van der Waals surface area contributed by atoms with E-state index in [1.807, 2.05) is 30.3 Å².